The predicted molar refractivity (Wildman–Crippen MR) is 81.1 cm³/mol. The molecule has 0 atom stereocenters. The molecular weight excluding hydrogens is 302 g/mol. The molecule has 0 aliphatic carbocycles. The van der Waals surface area contributed by atoms with Crippen LogP contribution in [0.15, 0.2) is 41.1 Å². The summed E-state index contributed by atoms with van der Waals surface area (Å²) in [5.74, 6) is 0. The van der Waals surface area contributed by atoms with E-state index in [0.29, 0.717) is 6.04 Å². The lowest BCUT2D eigenvalue weighted by Crippen LogP contribution is -2.31. The Labute approximate surface area is 122 Å². The summed E-state index contributed by atoms with van der Waals surface area (Å²) in [6, 6.07) is 8.95. The molecule has 2 heterocycles. The maximum Gasteiger partial charge on any atom is 0.0568 e. The zero-order chi connectivity index (χ0) is 13.2. The minimum atomic E-state index is 0.556. The lowest BCUT2D eigenvalue weighted by Gasteiger charge is -2.28. The Morgan fingerprint density at radius 1 is 1.11 bits per heavy atom. The standard InChI is InChI=1S/C15H18BrN3/c1-18-8-6-15(7-9-18)19-11-13(10-17-19)12-2-4-14(16)5-3-12/h2-5,10-11,15H,6-9H2,1H3. The summed E-state index contributed by atoms with van der Waals surface area (Å²) in [7, 11) is 2.19. The van der Waals surface area contributed by atoms with Crippen LogP contribution in [-0.4, -0.2) is 34.8 Å². The number of likely N-dealkylation sites (tertiary alicyclic amines) is 1. The second kappa shape index (κ2) is 5.47. The molecule has 1 aromatic heterocycles. The van der Waals surface area contributed by atoms with Gasteiger partial charge in [0.1, 0.15) is 0 Å². The van der Waals surface area contributed by atoms with Gasteiger partial charge in [-0.15, -0.1) is 0 Å². The first kappa shape index (κ1) is 12.9. The van der Waals surface area contributed by atoms with Crippen LogP contribution in [0.3, 0.4) is 0 Å². The molecule has 1 saturated heterocycles. The number of hydrogen-bond donors (Lipinski definition) is 0. The van der Waals surface area contributed by atoms with Gasteiger partial charge < -0.3 is 4.90 Å². The van der Waals surface area contributed by atoms with Crippen LogP contribution in [0.4, 0.5) is 0 Å². The van der Waals surface area contributed by atoms with Crippen LogP contribution in [-0.2, 0) is 0 Å². The lowest BCUT2D eigenvalue weighted by atomic mass is 10.1. The first-order valence-corrected chi connectivity index (χ1v) is 7.50. The van der Waals surface area contributed by atoms with Crippen molar-refractivity contribution in [2.45, 2.75) is 18.9 Å². The number of rotatable bonds is 2. The molecule has 2 aromatic rings. The van der Waals surface area contributed by atoms with Gasteiger partial charge in [0.05, 0.1) is 12.2 Å². The minimum Gasteiger partial charge on any atom is -0.306 e. The molecule has 0 amide bonds. The van der Waals surface area contributed by atoms with E-state index in [0.717, 1.165) is 17.6 Å². The molecule has 3 rings (SSSR count). The molecule has 0 saturated carbocycles. The quantitative estimate of drug-likeness (QED) is 0.843. The summed E-state index contributed by atoms with van der Waals surface area (Å²) in [5.41, 5.74) is 2.42. The summed E-state index contributed by atoms with van der Waals surface area (Å²) in [6.45, 7) is 2.33. The van der Waals surface area contributed by atoms with Crippen LogP contribution >= 0.6 is 15.9 Å². The van der Waals surface area contributed by atoms with Gasteiger partial charge in [-0.1, -0.05) is 28.1 Å². The van der Waals surface area contributed by atoms with Crippen LogP contribution in [0.1, 0.15) is 18.9 Å². The molecule has 1 aromatic carbocycles. The molecule has 1 aliphatic heterocycles. The van der Waals surface area contributed by atoms with Crippen molar-refractivity contribution in [2.75, 3.05) is 20.1 Å². The van der Waals surface area contributed by atoms with E-state index in [1.54, 1.807) is 0 Å². The van der Waals surface area contributed by atoms with Gasteiger partial charge in [0.25, 0.3) is 0 Å². The average Bonchev–Trinajstić information content (AvgIpc) is 2.90. The molecule has 4 heteroatoms. The molecule has 0 N–H and O–H groups in total. The van der Waals surface area contributed by atoms with E-state index in [9.17, 15) is 0 Å². The van der Waals surface area contributed by atoms with E-state index in [1.165, 1.54) is 24.0 Å². The Morgan fingerprint density at radius 2 is 1.79 bits per heavy atom. The smallest absolute Gasteiger partial charge is 0.0568 e. The fraction of sp³-hybridized carbons (Fsp3) is 0.400. The normalized spacial score (nSPS) is 17.8. The molecule has 0 radical (unpaired) electrons. The molecule has 1 fully saturated rings. The third-order valence-corrected chi connectivity index (χ3v) is 4.37. The van der Waals surface area contributed by atoms with Crippen molar-refractivity contribution in [3.63, 3.8) is 0 Å². The highest BCUT2D eigenvalue weighted by Crippen LogP contribution is 2.25. The van der Waals surface area contributed by atoms with Crippen molar-refractivity contribution in [2.24, 2.45) is 0 Å². The molecule has 19 heavy (non-hydrogen) atoms. The summed E-state index contributed by atoms with van der Waals surface area (Å²) >= 11 is 3.47. The number of piperidine rings is 1. The summed E-state index contributed by atoms with van der Waals surface area (Å²) in [6.07, 6.45) is 6.54. The summed E-state index contributed by atoms with van der Waals surface area (Å²) < 4.78 is 3.25. The zero-order valence-corrected chi connectivity index (χ0v) is 12.7. The summed E-state index contributed by atoms with van der Waals surface area (Å²) in [5, 5.41) is 4.55. The Bertz CT molecular complexity index is 539. The molecule has 0 spiro atoms. The highest BCUT2D eigenvalue weighted by molar-refractivity contribution is 9.10. The van der Waals surface area contributed by atoms with Crippen LogP contribution in [0.2, 0.25) is 0 Å². The largest absolute Gasteiger partial charge is 0.306 e. The topological polar surface area (TPSA) is 21.1 Å². The molecule has 3 nitrogen and oxygen atoms in total. The zero-order valence-electron chi connectivity index (χ0n) is 11.1. The molecule has 1 aliphatic rings. The molecule has 0 unspecified atom stereocenters. The maximum atomic E-state index is 4.55. The first-order valence-electron chi connectivity index (χ1n) is 6.71. The van der Waals surface area contributed by atoms with Crippen molar-refractivity contribution < 1.29 is 0 Å². The van der Waals surface area contributed by atoms with Crippen molar-refractivity contribution >= 4 is 15.9 Å². The first-order chi connectivity index (χ1) is 9.22. The summed E-state index contributed by atoms with van der Waals surface area (Å²) in [4.78, 5) is 2.38. The van der Waals surface area contributed by atoms with Gasteiger partial charge in [-0.3, -0.25) is 4.68 Å². The number of hydrogen-bond acceptors (Lipinski definition) is 2. The van der Waals surface area contributed by atoms with E-state index in [4.69, 9.17) is 0 Å². The average molecular weight is 320 g/mol. The number of halogens is 1. The van der Waals surface area contributed by atoms with E-state index in [2.05, 4.69) is 68.1 Å². The maximum absolute atomic E-state index is 4.55. The predicted octanol–water partition coefficient (Wildman–Crippen LogP) is 3.58. The van der Waals surface area contributed by atoms with E-state index >= 15 is 0 Å². The number of aromatic nitrogens is 2. The van der Waals surface area contributed by atoms with Crippen LogP contribution < -0.4 is 0 Å². The highest BCUT2D eigenvalue weighted by atomic mass is 79.9. The van der Waals surface area contributed by atoms with Gasteiger partial charge in [-0.05, 0) is 50.7 Å². The Morgan fingerprint density at radius 3 is 2.47 bits per heavy atom. The third-order valence-electron chi connectivity index (χ3n) is 3.84. The van der Waals surface area contributed by atoms with Gasteiger partial charge >= 0.3 is 0 Å². The minimum absolute atomic E-state index is 0.556. The molecule has 0 bridgehead atoms. The van der Waals surface area contributed by atoms with Gasteiger partial charge in [-0.2, -0.15) is 5.10 Å². The fourth-order valence-corrected chi connectivity index (χ4v) is 2.85. The van der Waals surface area contributed by atoms with Gasteiger partial charge in [0.2, 0.25) is 0 Å². The Balaban J connectivity index is 1.77. The van der Waals surface area contributed by atoms with E-state index in [1.807, 2.05) is 6.20 Å². The number of benzene rings is 1. The van der Waals surface area contributed by atoms with Gasteiger partial charge in [0.15, 0.2) is 0 Å². The SMILES string of the molecule is CN1CCC(n2cc(-c3ccc(Br)cc3)cn2)CC1. The van der Waals surface area contributed by atoms with Gasteiger partial charge in [-0.25, -0.2) is 0 Å². The van der Waals surface area contributed by atoms with E-state index in [-0.39, 0.29) is 0 Å². The van der Waals surface area contributed by atoms with Crippen LogP contribution in [0, 0.1) is 0 Å². The van der Waals surface area contributed by atoms with Crippen molar-refractivity contribution in [3.8, 4) is 11.1 Å². The van der Waals surface area contributed by atoms with Crippen molar-refractivity contribution in [1.29, 1.82) is 0 Å². The van der Waals surface area contributed by atoms with Crippen molar-refractivity contribution in [3.05, 3.63) is 41.1 Å². The number of nitrogens with zero attached hydrogens (tertiary/aromatic N) is 3. The second-order valence-electron chi connectivity index (χ2n) is 5.25. The monoisotopic (exact) mass is 319 g/mol. The Kier molecular flexibility index (Phi) is 3.71. The Hall–Kier alpha value is -1.13. The van der Waals surface area contributed by atoms with Crippen LogP contribution in [0.25, 0.3) is 11.1 Å². The highest BCUT2D eigenvalue weighted by Gasteiger charge is 2.18. The van der Waals surface area contributed by atoms with E-state index < -0.39 is 0 Å². The van der Waals surface area contributed by atoms with Gasteiger partial charge in [0, 0.05) is 16.2 Å². The molecule has 100 valence electrons. The third kappa shape index (κ3) is 2.90. The van der Waals surface area contributed by atoms with Crippen LogP contribution in [0.5, 0.6) is 0 Å². The second-order valence-corrected chi connectivity index (χ2v) is 6.17. The molecular formula is C15H18BrN3. The fourth-order valence-electron chi connectivity index (χ4n) is 2.59. The van der Waals surface area contributed by atoms with Crippen molar-refractivity contribution in [1.82, 2.24) is 14.7 Å². The lowest BCUT2D eigenvalue weighted by molar-refractivity contribution is 0.212.